The molecule has 0 aromatic heterocycles. The molecule has 2 rings (SSSR count). The van der Waals surface area contributed by atoms with Gasteiger partial charge in [0.05, 0.1) is 17.1 Å². The lowest BCUT2D eigenvalue weighted by atomic mass is 9.95. The summed E-state index contributed by atoms with van der Waals surface area (Å²) in [5.41, 5.74) is 9.02. The summed E-state index contributed by atoms with van der Waals surface area (Å²) in [4.78, 5) is 37.7. The van der Waals surface area contributed by atoms with Crippen molar-refractivity contribution >= 4 is 23.2 Å². The third-order valence-corrected chi connectivity index (χ3v) is 3.34. The molecule has 0 saturated heterocycles. The molecule has 2 aromatic carbocycles. The van der Waals surface area contributed by atoms with Crippen LogP contribution in [0.3, 0.4) is 0 Å². The summed E-state index contributed by atoms with van der Waals surface area (Å²) in [6.45, 7) is 1.68. The maximum Gasteiger partial charge on any atom is 0.422 e. The smallest absolute Gasteiger partial charge is 0.422 e. The molecule has 0 radical (unpaired) electrons. The number of carbonyl (C=O) groups excluding carboxylic acids is 2. The van der Waals surface area contributed by atoms with Crippen molar-refractivity contribution in [3.8, 4) is 0 Å². The number of benzene rings is 2. The predicted molar refractivity (Wildman–Crippen MR) is 87.3 cm³/mol. The topological polar surface area (TPSA) is 123 Å². The highest BCUT2D eigenvalue weighted by molar-refractivity contribution is 6.42. The molecule has 0 fully saturated rings. The average molecular weight is 339 g/mol. The molecule has 2 aromatic rings. The molecule has 0 aliphatic rings. The molecule has 0 amide bonds. The van der Waals surface area contributed by atoms with Crippen molar-refractivity contribution in [2.75, 3.05) is 6.61 Å². The fraction of sp³-hybridized carbons (Fsp3) is 0.118. The summed E-state index contributed by atoms with van der Waals surface area (Å²) < 4.78 is 4.82. The summed E-state index contributed by atoms with van der Waals surface area (Å²) in [6.07, 6.45) is 0. The van der Waals surface area contributed by atoms with Crippen molar-refractivity contribution < 1.29 is 24.0 Å². The van der Waals surface area contributed by atoms with E-state index in [1.165, 1.54) is 36.4 Å². The van der Waals surface area contributed by atoms with E-state index in [0.717, 1.165) is 0 Å². The fourth-order valence-electron chi connectivity index (χ4n) is 2.18. The number of hydrogen-bond donors (Lipinski definition) is 0. The minimum absolute atomic E-state index is 0.0797. The van der Waals surface area contributed by atoms with E-state index in [2.05, 4.69) is 4.79 Å². The highest BCUT2D eigenvalue weighted by Gasteiger charge is 2.29. The van der Waals surface area contributed by atoms with Gasteiger partial charge in [-0.1, -0.05) is 18.2 Å². The quantitative estimate of drug-likeness (QED) is 0.152. The van der Waals surface area contributed by atoms with Crippen LogP contribution in [0.25, 0.3) is 5.53 Å². The van der Waals surface area contributed by atoms with Crippen LogP contribution in [0.4, 0.5) is 5.69 Å². The van der Waals surface area contributed by atoms with Crippen LogP contribution in [0.2, 0.25) is 0 Å². The lowest BCUT2D eigenvalue weighted by Crippen LogP contribution is -2.22. The molecule has 8 heteroatoms. The van der Waals surface area contributed by atoms with E-state index in [0.29, 0.717) is 0 Å². The standard InChI is InChI=1S/C17H13N3O5/c1-2-25-17(22)15(19-18)13-5-3-4-6-14(13)16(21)11-7-9-12(10-8-11)20(23)24/h3-10H,2H2,1H3. The summed E-state index contributed by atoms with van der Waals surface area (Å²) >= 11 is 0. The Balaban J connectivity index is 2.46. The average Bonchev–Trinajstić information content (AvgIpc) is 2.62. The monoisotopic (exact) mass is 339 g/mol. The molecular formula is C17H13N3O5. The van der Waals surface area contributed by atoms with Gasteiger partial charge in [-0.3, -0.25) is 14.9 Å². The van der Waals surface area contributed by atoms with Gasteiger partial charge in [-0.2, -0.15) is 4.79 Å². The first kappa shape index (κ1) is 17.7. The first-order valence-corrected chi connectivity index (χ1v) is 7.27. The molecular weight excluding hydrogens is 326 g/mol. The van der Waals surface area contributed by atoms with E-state index < -0.39 is 22.4 Å². The van der Waals surface area contributed by atoms with Crippen molar-refractivity contribution in [1.29, 1.82) is 0 Å². The molecule has 0 aliphatic heterocycles. The van der Waals surface area contributed by atoms with Crippen LogP contribution in [0.5, 0.6) is 0 Å². The Labute approximate surface area is 142 Å². The number of nitro benzene ring substituents is 1. The summed E-state index contributed by atoms with van der Waals surface area (Å²) in [6, 6.07) is 11.1. The van der Waals surface area contributed by atoms with Gasteiger partial charge in [-0.05, 0) is 25.1 Å². The second kappa shape index (κ2) is 7.76. The number of carbonyl (C=O) groups is 2. The van der Waals surface area contributed by atoms with Crippen LogP contribution in [-0.4, -0.2) is 33.8 Å². The van der Waals surface area contributed by atoms with E-state index >= 15 is 0 Å². The highest BCUT2D eigenvalue weighted by atomic mass is 16.6. The van der Waals surface area contributed by atoms with Gasteiger partial charge in [0.2, 0.25) is 0 Å². The van der Waals surface area contributed by atoms with Crippen LogP contribution >= 0.6 is 0 Å². The van der Waals surface area contributed by atoms with Crippen LogP contribution in [0.1, 0.15) is 28.4 Å². The van der Waals surface area contributed by atoms with E-state index in [1.807, 2.05) is 0 Å². The predicted octanol–water partition coefficient (Wildman–Crippen LogP) is 2.41. The van der Waals surface area contributed by atoms with Gasteiger partial charge in [0.1, 0.15) is 0 Å². The molecule has 25 heavy (non-hydrogen) atoms. The lowest BCUT2D eigenvalue weighted by molar-refractivity contribution is -0.384. The SMILES string of the molecule is CCOC(=O)C(=[N+]=[N-])c1ccccc1C(=O)c1ccc([N+](=O)[O-])cc1. The third-order valence-electron chi connectivity index (χ3n) is 3.34. The maximum absolute atomic E-state index is 12.7. The third kappa shape index (κ3) is 3.82. The normalized spacial score (nSPS) is 9.80. The van der Waals surface area contributed by atoms with Gasteiger partial charge < -0.3 is 10.3 Å². The van der Waals surface area contributed by atoms with E-state index in [-0.39, 0.29) is 29.0 Å². The second-order valence-corrected chi connectivity index (χ2v) is 4.85. The number of ether oxygens (including phenoxy) is 1. The van der Waals surface area contributed by atoms with Crippen molar-refractivity contribution in [2.24, 2.45) is 0 Å². The molecule has 126 valence electrons. The number of rotatable bonds is 6. The number of hydrogen-bond acceptors (Lipinski definition) is 5. The van der Waals surface area contributed by atoms with Gasteiger partial charge in [-0.25, -0.2) is 4.79 Å². The Morgan fingerprint density at radius 1 is 1.12 bits per heavy atom. The van der Waals surface area contributed by atoms with Crippen LogP contribution < -0.4 is 0 Å². The Bertz CT molecular complexity index is 883. The Hall–Kier alpha value is -3.64. The van der Waals surface area contributed by atoms with E-state index in [9.17, 15) is 19.7 Å². The zero-order valence-electron chi connectivity index (χ0n) is 13.2. The van der Waals surface area contributed by atoms with Crippen molar-refractivity contribution in [3.63, 3.8) is 0 Å². The van der Waals surface area contributed by atoms with Crippen molar-refractivity contribution in [1.82, 2.24) is 0 Å². The van der Waals surface area contributed by atoms with Gasteiger partial charge in [0, 0.05) is 23.3 Å². The van der Waals surface area contributed by atoms with E-state index in [1.54, 1.807) is 19.1 Å². The molecule has 8 nitrogen and oxygen atoms in total. The zero-order chi connectivity index (χ0) is 18.4. The van der Waals surface area contributed by atoms with Gasteiger partial charge in [0.25, 0.3) is 5.69 Å². The Kier molecular flexibility index (Phi) is 5.50. The molecule has 0 heterocycles. The lowest BCUT2D eigenvalue weighted by Gasteiger charge is -2.05. The molecule has 0 saturated carbocycles. The number of nitrogens with zero attached hydrogens (tertiary/aromatic N) is 3. The highest BCUT2D eigenvalue weighted by Crippen LogP contribution is 2.18. The summed E-state index contributed by atoms with van der Waals surface area (Å²) in [7, 11) is 0. The minimum Gasteiger partial charge on any atom is -0.457 e. The van der Waals surface area contributed by atoms with Crippen LogP contribution in [-0.2, 0) is 9.53 Å². The summed E-state index contributed by atoms with van der Waals surface area (Å²) in [5.74, 6) is -1.34. The first-order chi connectivity index (χ1) is 12.0. The van der Waals surface area contributed by atoms with Gasteiger partial charge in [-0.15, -0.1) is 0 Å². The molecule has 0 unspecified atom stereocenters. The Morgan fingerprint density at radius 3 is 2.24 bits per heavy atom. The van der Waals surface area contributed by atoms with Crippen LogP contribution in [0.15, 0.2) is 48.5 Å². The molecule has 0 bridgehead atoms. The largest absolute Gasteiger partial charge is 0.457 e. The van der Waals surface area contributed by atoms with Crippen LogP contribution in [0, 0.1) is 10.1 Å². The summed E-state index contributed by atoms with van der Waals surface area (Å²) in [5, 5.41) is 10.7. The second-order valence-electron chi connectivity index (χ2n) is 4.85. The molecule has 0 spiro atoms. The number of esters is 1. The minimum atomic E-state index is -0.867. The Morgan fingerprint density at radius 2 is 1.72 bits per heavy atom. The van der Waals surface area contributed by atoms with E-state index in [4.69, 9.17) is 10.3 Å². The number of nitro groups is 1. The molecule has 0 N–H and O–H groups in total. The molecule has 0 atom stereocenters. The van der Waals surface area contributed by atoms with Crippen molar-refractivity contribution in [2.45, 2.75) is 6.92 Å². The van der Waals surface area contributed by atoms with Crippen molar-refractivity contribution in [3.05, 3.63) is 80.9 Å². The number of non-ortho nitro benzene ring substituents is 1. The molecule has 0 aliphatic carbocycles. The van der Waals surface area contributed by atoms with Gasteiger partial charge in [0.15, 0.2) is 5.78 Å². The van der Waals surface area contributed by atoms with Gasteiger partial charge >= 0.3 is 11.7 Å². The first-order valence-electron chi connectivity index (χ1n) is 7.27. The zero-order valence-corrected chi connectivity index (χ0v) is 13.2. The fourth-order valence-corrected chi connectivity index (χ4v) is 2.18. The maximum atomic E-state index is 12.7. The number of ketones is 1.